The number of aliphatic hydroxyl groups is 1. The molecule has 0 saturated heterocycles. The molecule has 1 aromatic carbocycles. The van der Waals surface area contributed by atoms with Gasteiger partial charge in [-0.3, -0.25) is 4.55 Å². The van der Waals surface area contributed by atoms with Crippen molar-refractivity contribution in [3.63, 3.8) is 0 Å². The van der Waals surface area contributed by atoms with Gasteiger partial charge >= 0.3 is 5.97 Å². The SMILES string of the molecule is C=CC(=O)OCC(O)COc1ccccc1S(=O)(=O)O. The molecule has 0 heterocycles. The first kappa shape index (κ1) is 16.2. The first-order chi connectivity index (χ1) is 9.34. The highest BCUT2D eigenvalue weighted by Crippen LogP contribution is 2.22. The summed E-state index contributed by atoms with van der Waals surface area (Å²) in [6.45, 7) is 2.56. The van der Waals surface area contributed by atoms with Gasteiger partial charge in [0.2, 0.25) is 0 Å². The number of hydrogen-bond donors (Lipinski definition) is 2. The van der Waals surface area contributed by atoms with E-state index in [1.165, 1.54) is 18.2 Å². The lowest BCUT2D eigenvalue weighted by molar-refractivity contribution is -0.141. The van der Waals surface area contributed by atoms with Crippen LogP contribution < -0.4 is 4.74 Å². The number of aliphatic hydroxyl groups excluding tert-OH is 1. The minimum absolute atomic E-state index is 0.107. The second-order valence-corrected chi connectivity index (χ2v) is 5.11. The van der Waals surface area contributed by atoms with E-state index in [2.05, 4.69) is 11.3 Å². The lowest BCUT2D eigenvalue weighted by Crippen LogP contribution is -2.25. The molecule has 0 saturated carbocycles. The lowest BCUT2D eigenvalue weighted by Gasteiger charge is -2.13. The highest BCUT2D eigenvalue weighted by atomic mass is 32.2. The molecule has 0 aliphatic heterocycles. The van der Waals surface area contributed by atoms with Crippen LogP contribution in [0, 0.1) is 0 Å². The predicted octanol–water partition coefficient (Wildman–Crippen LogP) is 0.402. The molecule has 20 heavy (non-hydrogen) atoms. The van der Waals surface area contributed by atoms with E-state index < -0.39 is 27.1 Å². The Balaban J connectivity index is 2.62. The Morgan fingerprint density at radius 1 is 1.35 bits per heavy atom. The van der Waals surface area contributed by atoms with Crippen molar-refractivity contribution in [2.24, 2.45) is 0 Å². The van der Waals surface area contributed by atoms with E-state index in [0.29, 0.717) is 0 Å². The maximum atomic E-state index is 11.1. The minimum atomic E-state index is -4.42. The first-order valence-electron chi connectivity index (χ1n) is 5.51. The second-order valence-electron chi connectivity index (χ2n) is 3.72. The van der Waals surface area contributed by atoms with Crippen molar-refractivity contribution in [2.75, 3.05) is 13.2 Å². The van der Waals surface area contributed by atoms with E-state index in [0.717, 1.165) is 12.1 Å². The fourth-order valence-corrected chi connectivity index (χ4v) is 1.89. The topological polar surface area (TPSA) is 110 Å². The van der Waals surface area contributed by atoms with Crippen molar-refractivity contribution in [3.8, 4) is 5.75 Å². The molecule has 8 heteroatoms. The Kier molecular flexibility index (Phi) is 5.68. The molecule has 7 nitrogen and oxygen atoms in total. The molecule has 1 rings (SSSR count). The number of esters is 1. The Bertz CT molecular complexity index is 579. The summed E-state index contributed by atoms with van der Waals surface area (Å²) < 4.78 is 40.8. The maximum Gasteiger partial charge on any atom is 0.330 e. The Morgan fingerprint density at radius 3 is 2.60 bits per heavy atom. The molecule has 0 fully saturated rings. The summed E-state index contributed by atoms with van der Waals surface area (Å²) in [5.74, 6) is -0.800. The van der Waals surface area contributed by atoms with Gasteiger partial charge in [0.1, 0.15) is 30.0 Å². The number of ether oxygens (including phenoxy) is 2. The Morgan fingerprint density at radius 2 is 2.00 bits per heavy atom. The molecule has 0 radical (unpaired) electrons. The quantitative estimate of drug-likeness (QED) is 0.426. The van der Waals surface area contributed by atoms with Crippen LogP contribution in [0.2, 0.25) is 0 Å². The average Bonchev–Trinajstić information content (AvgIpc) is 2.41. The fraction of sp³-hybridized carbons (Fsp3) is 0.250. The third-order valence-electron chi connectivity index (χ3n) is 2.14. The second kappa shape index (κ2) is 7.04. The molecule has 2 N–H and O–H groups in total. The summed E-state index contributed by atoms with van der Waals surface area (Å²) in [6, 6.07) is 5.41. The molecule has 110 valence electrons. The van der Waals surface area contributed by atoms with Crippen LogP contribution in [0.1, 0.15) is 0 Å². The van der Waals surface area contributed by atoms with Crippen LogP contribution in [0.4, 0.5) is 0 Å². The number of benzene rings is 1. The van der Waals surface area contributed by atoms with E-state index in [1.54, 1.807) is 0 Å². The third-order valence-corrected chi connectivity index (χ3v) is 3.04. The van der Waals surface area contributed by atoms with Gasteiger partial charge in [0, 0.05) is 6.08 Å². The van der Waals surface area contributed by atoms with Crippen LogP contribution >= 0.6 is 0 Å². The lowest BCUT2D eigenvalue weighted by atomic mass is 10.3. The van der Waals surface area contributed by atoms with Gasteiger partial charge < -0.3 is 14.6 Å². The molecule has 0 bridgehead atoms. The number of carbonyl (C=O) groups excluding carboxylic acids is 1. The summed E-state index contributed by atoms with van der Waals surface area (Å²) in [7, 11) is -4.42. The van der Waals surface area contributed by atoms with Crippen molar-refractivity contribution < 1.29 is 32.3 Å². The van der Waals surface area contributed by atoms with Crippen molar-refractivity contribution in [2.45, 2.75) is 11.0 Å². The largest absolute Gasteiger partial charge is 0.489 e. The highest BCUT2D eigenvalue weighted by Gasteiger charge is 2.17. The summed E-state index contributed by atoms with van der Waals surface area (Å²) in [6.07, 6.45) is -0.199. The fourth-order valence-electron chi connectivity index (χ4n) is 1.25. The molecule has 1 aromatic rings. The summed E-state index contributed by atoms with van der Waals surface area (Å²) in [4.78, 5) is 10.4. The minimum Gasteiger partial charge on any atom is -0.489 e. The first-order valence-corrected chi connectivity index (χ1v) is 6.95. The van der Waals surface area contributed by atoms with Crippen LogP contribution in [0.5, 0.6) is 5.75 Å². The van der Waals surface area contributed by atoms with Crippen LogP contribution in [-0.2, 0) is 19.6 Å². The number of carbonyl (C=O) groups is 1. The Labute approximate surface area is 116 Å². The molecule has 1 unspecified atom stereocenters. The van der Waals surface area contributed by atoms with Crippen LogP contribution in [0.15, 0.2) is 41.8 Å². The molecule has 0 aliphatic carbocycles. The molecule has 0 spiro atoms. The van der Waals surface area contributed by atoms with Gasteiger partial charge in [-0.1, -0.05) is 18.7 Å². The zero-order chi connectivity index (χ0) is 15.2. The summed E-state index contributed by atoms with van der Waals surface area (Å²) in [5.41, 5.74) is 0. The van der Waals surface area contributed by atoms with Gasteiger partial charge in [0.25, 0.3) is 10.1 Å². The predicted molar refractivity (Wildman–Crippen MR) is 68.9 cm³/mol. The molecule has 1 atom stereocenters. The third kappa shape index (κ3) is 5.00. The molecular weight excluding hydrogens is 288 g/mol. The van der Waals surface area contributed by atoms with Crippen molar-refractivity contribution in [1.29, 1.82) is 0 Å². The highest BCUT2D eigenvalue weighted by molar-refractivity contribution is 7.86. The van der Waals surface area contributed by atoms with Crippen molar-refractivity contribution in [3.05, 3.63) is 36.9 Å². The van der Waals surface area contributed by atoms with E-state index in [1.807, 2.05) is 0 Å². The van der Waals surface area contributed by atoms with Crippen molar-refractivity contribution in [1.82, 2.24) is 0 Å². The molecule has 0 aromatic heterocycles. The normalized spacial score (nSPS) is 12.5. The zero-order valence-corrected chi connectivity index (χ0v) is 11.2. The van der Waals surface area contributed by atoms with Gasteiger partial charge in [-0.05, 0) is 12.1 Å². The number of para-hydroxylation sites is 1. The van der Waals surface area contributed by atoms with E-state index in [4.69, 9.17) is 9.29 Å². The molecular formula is C12H14O7S. The number of rotatable bonds is 7. The van der Waals surface area contributed by atoms with Gasteiger partial charge in [0.15, 0.2) is 0 Å². The summed E-state index contributed by atoms with van der Waals surface area (Å²) >= 11 is 0. The average molecular weight is 302 g/mol. The van der Waals surface area contributed by atoms with Gasteiger partial charge in [-0.15, -0.1) is 0 Å². The zero-order valence-electron chi connectivity index (χ0n) is 10.4. The standard InChI is InChI=1S/C12H14O7S/c1-2-12(14)19-8-9(13)7-18-10-5-3-4-6-11(10)20(15,16)17/h2-6,9,13H,1,7-8H2,(H,15,16,17). The van der Waals surface area contributed by atoms with Gasteiger partial charge in [0.05, 0.1) is 0 Å². The van der Waals surface area contributed by atoms with E-state index >= 15 is 0 Å². The van der Waals surface area contributed by atoms with Gasteiger partial charge in [-0.2, -0.15) is 8.42 Å². The smallest absolute Gasteiger partial charge is 0.330 e. The molecule has 0 aliphatic rings. The van der Waals surface area contributed by atoms with E-state index in [9.17, 15) is 18.3 Å². The van der Waals surface area contributed by atoms with E-state index in [-0.39, 0.29) is 19.0 Å². The van der Waals surface area contributed by atoms with Crippen LogP contribution in [-0.4, -0.2) is 43.4 Å². The molecule has 0 amide bonds. The van der Waals surface area contributed by atoms with Crippen LogP contribution in [0.3, 0.4) is 0 Å². The van der Waals surface area contributed by atoms with Crippen LogP contribution in [0.25, 0.3) is 0 Å². The maximum absolute atomic E-state index is 11.1. The summed E-state index contributed by atoms with van der Waals surface area (Å²) in [5, 5.41) is 9.50. The monoisotopic (exact) mass is 302 g/mol. The number of hydrogen-bond acceptors (Lipinski definition) is 6. The van der Waals surface area contributed by atoms with Gasteiger partial charge in [-0.25, -0.2) is 4.79 Å². The van der Waals surface area contributed by atoms with Crippen molar-refractivity contribution >= 4 is 16.1 Å². The Hall–Kier alpha value is -1.90.